The van der Waals surface area contributed by atoms with E-state index in [2.05, 4.69) is 4.98 Å². The molecule has 0 saturated heterocycles. The average Bonchev–Trinajstić information content (AvgIpc) is 2.53. The number of hydrogen-bond acceptors (Lipinski definition) is 4. The third kappa shape index (κ3) is 2.68. The Balaban J connectivity index is 2.16. The molecular weight excluding hydrogens is 300 g/mol. The van der Waals surface area contributed by atoms with Crippen LogP contribution in [0.5, 0.6) is 0 Å². The summed E-state index contributed by atoms with van der Waals surface area (Å²) in [6.07, 6.45) is 0.697. The number of H-pyrrole nitrogens is 1. The van der Waals surface area contributed by atoms with E-state index in [0.717, 1.165) is 16.3 Å². The van der Waals surface area contributed by atoms with Gasteiger partial charge >= 0.3 is 11.7 Å². The Bertz CT molecular complexity index is 908. The lowest BCUT2D eigenvalue weighted by atomic mass is 10.0. The van der Waals surface area contributed by atoms with Gasteiger partial charge in [0.25, 0.3) is 5.56 Å². The van der Waals surface area contributed by atoms with Crippen LogP contribution in [0.15, 0.2) is 45.7 Å². The lowest BCUT2D eigenvalue weighted by Gasteiger charge is -2.27. The summed E-state index contributed by atoms with van der Waals surface area (Å²) >= 11 is 0. The molecule has 2 N–H and O–H groups in total. The van der Waals surface area contributed by atoms with Crippen molar-refractivity contribution in [2.24, 2.45) is 0 Å². The molecule has 7 heteroatoms. The molecule has 118 valence electrons. The molecule has 1 atom stereocenters. The van der Waals surface area contributed by atoms with Gasteiger partial charge in [-0.3, -0.25) is 14.3 Å². The number of benzene rings is 1. The minimum Gasteiger partial charge on any atom is -0.475 e. The number of aromatic amines is 1. The van der Waals surface area contributed by atoms with Gasteiger partial charge in [0.15, 0.2) is 0 Å². The van der Waals surface area contributed by atoms with E-state index < -0.39 is 23.3 Å². The number of fused-ring (bicyclic) bond motifs is 1. The van der Waals surface area contributed by atoms with Crippen LogP contribution in [0, 0.1) is 6.92 Å². The normalized spacial score (nSPS) is 16.2. The lowest BCUT2D eigenvalue weighted by molar-refractivity contribution is -0.138. The largest absolute Gasteiger partial charge is 0.475 e. The van der Waals surface area contributed by atoms with Gasteiger partial charge in [-0.1, -0.05) is 30.3 Å². The van der Waals surface area contributed by atoms with Gasteiger partial charge in [0.1, 0.15) is 6.10 Å². The molecule has 2 aromatic rings. The second-order valence-corrected chi connectivity index (χ2v) is 5.23. The smallest absolute Gasteiger partial charge is 0.372 e. The fourth-order valence-electron chi connectivity index (χ4n) is 2.61. The van der Waals surface area contributed by atoms with E-state index in [1.165, 1.54) is 0 Å². The molecule has 0 saturated carbocycles. The predicted octanol–water partition coefficient (Wildman–Crippen LogP) is 1.04. The van der Waals surface area contributed by atoms with E-state index >= 15 is 0 Å². The topological polar surface area (TPSA) is 101 Å². The molecular formula is C16H14N2O5. The van der Waals surface area contributed by atoms with Gasteiger partial charge < -0.3 is 9.84 Å². The molecule has 2 heterocycles. The molecule has 0 spiro atoms. The van der Waals surface area contributed by atoms with Gasteiger partial charge in [0.05, 0.1) is 11.9 Å². The lowest BCUT2D eigenvalue weighted by Crippen LogP contribution is -2.37. The fraction of sp³-hybridized carbons (Fsp3) is 0.188. The standard InChI is InChI=1S/C16H14N2O5/c1-9-13-11(7-10-5-3-2-4-6-10)23-12(15(20)21)8-18(13)16(22)17-14(9)19/h2-6,8,11H,7H2,1H3,(H,20,21)(H,17,19,22). The van der Waals surface area contributed by atoms with Gasteiger partial charge in [0.2, 0.25) is 5.76 Å². The number of nitrogens with one attached hydrogen (secondary N) is 1. The van der Waals surface area contributed by atoms with Crippen molar-refractivity contribution in [3.05, 3.63) is 73.7 Å². The summed E-state index contributed by atoms with van der Waals surface area (Å²) in [6, 6.07) is 9.30. The maximum absolute atomic E-state index is 12.0. The number of aromatic nitrogens is 2. The maximum atomic E-state index is 12.0. The third-order valence-corrected chi connectivity index (χ3v) is 3.72. The van der Waals surface area contributed by atoms with Crippen molar-refractivity contribution in [3.63, 3.8) is 0 Å². The van der Waals surface area contributed by atoms with Crippen molar-refractivity contribution < 1.29 is 14.6 Å². The summed E-state index contributed by atoms with van der Waals surface area (Å²) in [5.74, 6) is -1.61. The Hall–Kier alpha value is -3.09. The van der Waals surface area contributed by atoms with Crippen LogP contribution < -0.4 is 11.2 Å². The fourth-order valence-corrected chi connectivity index (χ4v) is 2.61. The van der Waals surface area contributed by atoms with E-state index in [0.29, 0.717) is 17.7 Å². The van der Waals surface area contributed by atoms with Crippen molar-refractivity contribution in [2.75, 3.05) is 0 Å². The molecule has 1 aromatic heterocycles. The number of hydrogen-bond donors (Lipinski definition) is 2. The second-order valence-electron chi connectivity index (χ2n) is 5.23. The Kier molecular flexibility index (Phi) is 3.61. The highest BCUT2D eigenvalue weighted by Gasteiger charge is 2.29. The van der Waals surface area contributed by atoms with E-state index in [9.17, 15) is 19.5 Å². The van der Waals surface area contributed by atoms with E-state index in [1.807, 2.05) is 30.3 Å². The highest BCUT2D eigenvalue weighted by Crippen LogP contribution is 2.29. The molecule has 0 aliphatic carbocycles. The Morgan fingerprint density at radius 2 is 2.00 bits per heavy atom. The van der Waals surface area contributed by atoms with Crippen molar-refractivity contribution >= 4 is 12.2 Å². The molecule has 0 radical (unpaired) electrons. The van der Waals surface area contributed by atoms with Crippen LogP contribution in [-0.2, 0) is 16.0 Å². The number of aliphatic carboxylic acids is 1. The number of carbonyl (C=O) groups is 1. The molecule has 1 unspecified atom stereocenters. The van der Waals surface area contributed by atoms with Crippen LogP contribution >= 0.6 is 0 Å². The number of nitrogens with zero attached hydrogens (tertiary/aromatic N) is 1. The van der Waals surface area contributed by atoms with Gasteiger partial charge in [-0.15, -0.1) is 0 Å². The summed E-state index contributed by atoms with van der Waals surface area (Å²) in [6.45, 7) is 1.57. The molecule has 1 aliphatic heterocycles. The number of rotatable bonds is 3. The first-order chi connectivity index (χ1) is 11.0. The third-order valence-electron chi connectivity index (χ3n) is 3.72. The van der Waals surface area contributed by atoms with Crippen molar-refractivity contribution in [1.82, 2.24) is 9.55 Å². The number of carboxylic acids is 1. The Morgan fingerprint density at radius 1 is 1.30 bits per heavy atom. The first-order valence-electron chi connectivity index (χ1n) is 6.98. The SMILES string of the molecule is Cc1c2n(c(=O)[nH]c1=O)C=C(C(=O)O)OC2Cc1ccccc1. The van der Waals surface area contributed by atoms with Crippen molar-refractivity contribution in [1.29, 1.82) is 0 Å². The van der Waals surface area contributed by atoms with Crippen LogP contribution in [0.1, 0.15) is 22.9 Å². The van der Waals surface area contributed by atoms with Crippen molar-refractivity contribution in [2.45, 2.75) is 19.4 Å². The van der Waals surface area contributed by atoms with Gasteiger partial charge in [0, 0.05) is 12.0 Å². The predicted molar refractivity (Wildman–Crippen MR) is 81.9 cm³/mol. The summed E-state index contributed by atoms with van der Waals surface area (Å²) in [7, 11) is 0. The van der Waals surface area contributed by atoms with Gasteiger partial charge in [-0.25, -0.2) is 9.59 Å². The van der Waals surface area contributed by atoms with Crippen LogP contribution in [-0.4, -0.2) is 20.6 Å². The summed E-state index contributed by atoms with van der Waals surface area (Å²) in [5.41, 5.74) is 0.410. The van der Waals surface area contributed by atoms with Crippen LogP contribution in [0.4, 0.5) is 0 Å². The Labute approximate surface area is 130 Å². The zero-order valence-corrected chi connectivity index (χ0v) is 12.3. The summed E-state index contributed by atoms with van der Waals surface area (Å²) in [5, 5.41) is 9.18. The van der Waals surface area contributed by atoms with Crippen molar-refractivity contribution in [3.8, 4) is 0 Å². The zero-order valence-electron chi connectivity index (χ0n) is 12.3. The highest BCUT2D eigenvalue weighted by molar-refractivity contribution is 5.88. The molecule has 1 aromatic carbocycles. The molecule has 0 fully saturated rings. The minimum atomic E-state index is -1.27. The molecule has 23 heavy (non-hydrogen) atoms. The van der Waals surface area contributed by atoms with Gasteiger partial charge in [-0.05, 0) is 12.5 Å². The monoisotopic (exact) mass is 314 g/mol. The zero-order chi connectivity index (χ0) is 16.6. The maximum Gasteiger partial charge on any atom is 0.372 e. The van der Waals surface area contributed by atoms with E-state index in [4.69, 9.17) is 4.74 Å². The first-order valence-corrected chi connectivity index (χ1v) is 6.98. The highest BCUT2D eigenvalue weighted by atomic mass is 16.5. The number of ether oxygens (including phenoxy) is 1. The number of carboxylic acid groups (broad SMARTS) is 1. The molecule has 0 bridgehead atoms. The Morgan fingerprint density at radius 3 is 2.65 bits per heavy atom. The van der Waals surface area contributed by atoms with Crippen LogP contribution in [0.2, 0.25) is 0 Å². The first kappa shape index (κ1) is 14.8. The van der Waals surface area contributed by atoms with Gasteiger partial charge in [-0.2, -0.15) is 0 Å². The summed E-state index contributed by atoms with van der Waals surface area (Å²) in [4.78, 5) is 37.3. The minimum absolute atomic E-state index is 0.325. The average molecular weight is 314 g/mol. The van der Waals surface area contributed by atoms with E-state index in [1.54, 1.807) is 6.92 Å². The molecule has 0 amide bonds. The van der Waals surface area contributed by atoms with Crippen LogP contribution in [0.25, 0.3) is 6.20 Å². The summed E-state index contributed by atoms with van der Waals surface area (Å²) < 4.78 is 6.65. The molecule has 7 nitrogen and oxygen atoms in total. The quantitative estimate of drug-likeness (QED) is 0.881. The van der Waals surface area contributed by atoms with E-state index in [-0.39, 0.29) is 5.76 Å². The molecule has 1 aliphatic rings. The molecule has 3 rings (SSSR count). The second kappa shape index (κ2) is 5.60. The van der Waals surface area contributed by atoms with Crippen LogP contribution in [0.3, 0.4) is 0 Å².